The number of fused-ring (bicyclic) bond motifs is 1. The number of hydrogen-bond donors (Lipinski definition) is 1. The number of nitrogens with zero attached hydrogens (tertiary/aromatic N) is 3. The van der Waals surface area contributed by atoms with Gasteiger partial charge in [-0.3, -0.25) is 9.69 Å². The number of imidazole rings is 1. The fraction of sp³-hybridized carbons (Fsp3) is 0.579. The van der Waals surface area contributed by atoms with Crippen molar-refractivity contribution in [1.82, 2.24) is 19.8 Å². The highest BCUT2D eigenvalue weighted by Crippen LogP contribution is 2.14. The summed E-state index contributed by atoms with van der Waals surface area (Å²) in [5.41, 5.74) is 1.43. The first-order valence-corrected chi connectivity index (χ1v) is 9.23. The Hall–Kier alpha value is -1.99. The third kappa shape index (κ3) is 4.80. The number of carbonyl (C=O) groups excluding carboxylic acids is 1. The molecule has 7 heteroatoms. The number of hydrogen-bond acceptors (Lipinski definition) is 4. The van der Waals surface area contributed by atoms with Crippen LogP contribution in [-0.4, -0.2) is 71.6 Å². The lowest BCUT2D eigenvalue weighted by atomic mass is 10.1. The number of morpholine rings is 1. The predicted octanol–water partition coefficient (Wildman–Crippen LogP) is 2.20. The molecule has 1 aliphatic rings. The van der Waals surface area contributed by atoms with Gasteiger partial charge in [-0.15, -0.1) is 0 Å². The molecule has 26 heavy (non-hydrogen) atoms. The number of nitrogens with one attached hydrogen (secondary N) is 1. The zero-order valence-electron chi connectivity index (χ0n) is 15.5. The summed E-state index contributed by atoms with van der Waals surface area (Å²) in [6, 6.07) is 4.89. The Morgan fingerprint density at radius 2 is 2.19 bits per heavy atom. The fourth-order valence-corrected chi connectivity index (χ4v) is 3.28. The van der Waals surface area contributed by atoms with Gasteiger partial charge in [-0.25, -0.2) is 9.37 Å². The highest BCUT2D eigenvalue weighted by atomic mass is 19.1. The first-order chi connectivity index (χ1) is 12.5. The van der Waals surface area contributed by atoms with Crippen molar-refractivity contribution in [2.24, 2.45) is 0 Å². The lowest BCUT2D eigenvalue weighted by Gasteiger charge is -2.32. The number of aromatic amines is 1. The molecule has 1 aromatic carbocycles. The molecule has 1 N–H and O–H groups in total. The monoisotopic (exact) mass is 362 g/mol. The molecule has 0 spiro atoms. The highest BCUT2D eigenvalue weighted by molar-refractivity contribution is 5.76. The quantitative estimate of drug-likeness (QED) is 0.820. The van der Waals surface area contributed by atoms with Crippen LogP contribution in [0.5, 0.6) is 0 Å². The van der Waals surface area contributed by atoms with Crippen molar-refractivity contribution >= 4 is 16.9 Å². The smallest absolute Gasteiger partial charge is 0.222 e. The molecule has 142 valence electrons. The van der Waals surface area contributed by atoms with Gasteiger partial charge in [0.2, 0.25) is 5.91 Å². The molecule has 2 aromatic rings. The Labute approximate surface area is 153 Å². The molecule has 1 saturated heterocycles. The van der Waals surface area contributed by atoms with E-state index in [-0.39, 0.29) is 11.7 Å². The van der Waals surface area contributed by atoms with Gasteiger partial charge in [0.1, 0.15) is 11.6 Å². The number of aromatic nitrogens is 2. The lowest BCUT2D eigenvalue weighted by molar-refractivity contribution is -0.130. The Kier molecular flexibility index (Phi) is 6.21. The van der Waals surface area contributed by atoms with Gasteiger partial charge in [-0.1, -0.05) is 0 Å². The van der Waals surface area contributed by atoms with Crippen LogP contribution in [0.15, 0.2) is 18.2 Å². The Bertz CT molecular complexity index is 742. The van der Waals surface area contributed by atoms with Crippen molar-refractivity contribution in [3.05, 3.63) is 29.8 Å². The van der Waals surface area contributed by atoms with Crippen LogP contribution in [0.4, 0.5) is 4.39 Å². The molecule has 1 aromatic heterocycles. The lowest BCUT2D eigenvalue weighted by Crippen LogP contribution is -2.42. The molecule has 0 aliphatic carbocycles. The Morgan fingerprint density at radius 3 is 2.96 bits per heavy atom. The first kappa shape index (κ1) is 18.8. The van der Waals surface area contributed by atoms with E-state index < -0.39 is 0 Å². The van der Waals surface area contributed by atoms with E-state index in [4.69, 9.17) is 4.74 Å². The standard InChI is InChI=1S/C19H27FN4O2/c1-14(24-9-11-26-12-10-24)3-6-19(25)23(2)8-7-18-21-16-5-4-15(20)13-17(16)22-18/h4-5,13-14H,3,6-12H2,1-2H3,(H,21,22). The molecule has 1 fully saturated rings. The molecular weight excluding hydrogens is 335 g/mol. The maximum Gasteiger partial charge on any atom is 0.222 e. The van der Waals surface area contributed by atoms with Gasteiger partial charge < -0.3 is 14.6 Å². The number of rotatable bonds is 7. The summed E-state index contributed by atoms with van der Waals surface area (Å²) in [5.74, 6) is 0.633. The molecule has 1 unspecified atom stereocenters. The predicted molar refractivity (Wildman–Crippen MR) is 98.5 cm³/mol. The molecule has 1 atom stereocenters. The minimum Gasteiger partial charge on any atom is -0.379 e. The SMILES string of the molecule is CC(CCC(=O)N(C)CCc1nc2ccc(F)cc2[nH]1)N1CCOCC1. The normalized spacial score (nSPS) is 16.7. The van der Waals surface area contributed by atoms with Crippen LogP contribution >= 0.6 is 0 Å². The van der Waals surface area contributed by atoms with E-state index in [9.17, 15) is 9.18 Å². The number of likely N-dealkylation sites (N-methyl/N-ethyl adjacent to an activating group) is 1. The summed E-state index contributed by atoms with van der Waals surface area (Å²) in [4.78, 5) is 24.1. The van der Waals surface area contributed by atoms with E-state index in [1.165, 1.54) is 12.1 Å². The van der Waals surface area contributed by atoms with Gasteiger partial charge in [0.15, 0.2) is 0 Å². The zero-order chi connectivity index (χ0) is 18.5. The summed E-state index contributed by atoms with van der Waals surface area (Å²) in [5, 5.41) is 0. The van der Waals surface area contributed by atoms with Crippen molar-refractivity contribution in [2.45, 2.75) is 32.2 Å². The maximum absolute atomic E-state index is 13.2. The number of carbonyl (C=O) groups is 1. The van der Waals surface area contributed by atoms with Crippen LogP contribution < -0.4 is 0 Å². The summed E-state index contributed by atoms with van der Waals surface area (Å²) in [6.45, 7) is 6.20. The van der Waals surface area contributed by atoms with Crippen LogP contribution in [0.25, 0.3) is 11.0 Å². The van der Waals surface area contributed by atoms with Gasteiger partial charge in [0.05, 0.1) is 24.2 Å². The highest BCUT2D eigenvalue weighted by Gasteiger charge is 2.19. The van der Waals surface area contributed by atoms with Crippen LogP contribution in [0.3, 0.4) is 0 Å². The number of amides is 1. The van der Waals surface area contributed by atoms with E-state index in [2.05, 4.69) is 21.8 Å². The second-order valence-corrected chi connectivity index (χ2v) is 6.95. The number of halogens is 1. The van der Waals surface area contributed by atoms with Gasteiger partial charge in [0.25, 0.3) is 0 Å². The van der Waals surface area contributed by atoms with Gasteiger partial charge in [-0.2, -0.15) is 0 Å². The van der Waals surface area contributed by atoms with Crippen molar-refractivity contribution in [2.75, 3.05) is 39.9 Å². The summed E-state index contributed by atoms with van der Waals surface area (Å²) in [6.07, 6.45) is 2.02. The third-order valence-corrected chi connectivity index (χ3v) is 5.05. The molecule has 1 aliphatic heterocycles. The second kappa shape index (κ2) is 8.60. The van der Waals surface area contributed by atoms with Crippen molar-refractivity contribution in [1.29, 1.82) is 0 Å². The average molecular weight is 362 g/mol. The molecule has 0 bridgehead atoms. The topological polar surface area (TPSA) is 61.5 Å². The van der Waals surface area contributed by atoms with Crippen LogP contribution in [0.1, 0.15) is 25.6 Å². The van der Waals surface area contributed by atoms with Gasteiger partial charge in [-0.05, 0) is 31.5 Å². The van der Waals surface area contributed by atoms with E-state index in [0.29, 0.717) is 30.9 Å². The summed E-state index contributed by atoms with van der Waals surface area (Å²) < 4.78 is 18.6. The summed E-state index contributed by atoms with van der Waals surface area (Å²) in [7, 11) is 1.82. The zero-order valence-corrected chi connectivity index (χ0v) is 15.5. The number of ether oxygens (including phenoxy) is 1. The number of H-pyrrole nitrogens is 1. The van der Waals surface area contributed by atoms with Gasteiger partial charge >= 0.3 is 0 Å². The molecule has 3 rings (SSSR count). The number of benzene rings is 1. The molecule has 6 nitrogen and oxygen atoms in total. The van der Waals surface area contributed by atoms with E-state index in [1.807, 2.05) is 7.05 Å². The average Bonchev–Trinajstić information content (AvgIpc) is 3.06. The van der Waals surface area contributed by atoms with Crippen LogP contribution in [-0.2, 0) is 16.0 Å². The van der Waals surface area contributed by atoms with Crippen LogP contribution in [0.2, 0.25) is 0 Å². The van der Waals surface area contributed by atoms with Gasteiger partial charge in [0, 0.05) is 45.6 Å². The molecule has 2 heterocycles. The van der Waals surface area contributed by atoms with Crippen molar-refractivity contribution in [3.8, 4) is 0 Å². The van der Waals surface area contributed by atoms with E-state index in [1.54, 1.807) is 11.0 Å². The molecule has 0 saturated carbocycles. The fourth-order valence-electron chi connectivity index (χ4n) is 3.28. The molecule has 1 amide bonds. The minimum absolute atomic E-state index is 0.146. The third-order valence-electron chi connectivity index (χ3n) is 5.05. The maximum atomic E-state index is 13.2. The Morgan fingerprint density at radius 1 is 1.42 bits per heavy atom. The van der Waals surface area contributed by atoms with Crippen molar-refractivity contribution < 1.29 is 13.9 Å². The minimum atomic E-state index is -0.283. The van der Waals surface area contributed by atoms with Crippen LogP contribution in [0, 0.1) is 5.82 Å². The van der Waals surface area contributed by atoms with E-state index in [0.717, 1.165) is 44.1 Å². The first-order valence-electron chi connectivity index (χ1n) is 9.23. The molecule has 0 radical (unpaired) electrons. The largest absolute Gasteiger partial charge is 0.379 e. The second-order valence-electron chi connectivity index (χ2n) is 6.95. The van der Waals surface area contributed by atoms with E-state index >= 15 is 0 Å². The molecular formula is C19H27FN4O2. The summed E-state index contributed by atoms with van der Waals surface area (Å²) >= 11 is 0. The van der Waals surface area contributed by atoms with Crippen molar-refractivity contribution in [3.63, 3.8) is 0 Å². The Balaban J connectivity index is 1.44.